The van der Waals surface area contributed by atoms with Crippen LogP contribution in [-0.2, 0) is 11.3 Å². The predicted octanol–water partition coefficient (Wildman–Crippen LogP) is 4.61. The Morgan fingerprint density at radius 2 is 2.16 bits per heavy atom. The molecular formula is C24H27N3O3S2. The fraction of sp³-hybridized carbons (Fsp3) is 0.375. The molecule has 0 bridgehead atoms. The van der Waals surface area contributed by atoms with Crippen LogP contribution in [-0.4, -0.2) is 34.9 Å². The van der Waals surface area contributed by atoms with E-state index in [9.17, 15) is 9.59 Å². The summed E-state index contributed by atoms with van der Waals surface area (Å²) in [6, 6.07) is 9.47. The number of ether oxygens (including phenoxy) is 1. The number of para-hydroxylation sites is 1. The molecule has 0 aliphatic heterocycles. The zero-order valence-electron chi connectivity index (χ0n) is 18.1. The van der Waals surface area contributed by atoms with E-state index in [1.165, 1.54) is 41.5 Å². The predicted molar refractivity (Wildman–Crippen MR) is 131 cm³/mol. The Hall–Kier alpha value is -2.58. The SMILES string of the molecule is COc1ccccc1Cn1c(SCC(=O)NCCC2=CCCCC2)nc2ccsc2c1=O. The van der Waals surface area contributed by atoms with Gasteiger partial charge in [0.25, 0.3) is 5.56 Å². The summed E-state index contributed by atoms with van der Waals surface area (Å²) >= 11 is 2.68. The first-order chi connectivity index (χ1) is 15.7. The minimum atomic E-state index is -0.0944. The number of carbonyl (C=O) groups excluding carboxylic acids is 1. The number of nitrogens with one attached hydrogen (secondary N) is 1. The molecule has 0 atom stereocenters. The maximum atomic E-state index is 13.2. The summed E-state index contributed by atoms with van der Waals surface area (Å²) in [6.45, 7) is 0.984. The number of benzene rings is 1. The third-order valence-corrected chi connectivity index (χ3v) is 7.41. The lowest BCUT2D eigenvalue weighted by Gasteiger charge is -2.15. The van der Waals surface area contributed by atoms with Gasteiger partial charge in [0, 0.05) is 12.1 Å². The highest BCUT2D eigenvalue weighted by Crippen LogP contribution is 2.24. The van der Waals surface area contributed by atoms with Crippen LogP contribution in [0.4, 0.5) is 0 Å². The molecule has 168 valence electrons. The topological polar surface area (TPSA) is 73.2 Å². The van der Waals surface area contributed by atoms with E-state index in [1.807, 2.05) is 35.7 Å². The molecule has 0 radical (unpaired) electrons. The summed E-state index contributed by atoms with van der Waals surface area (Å²) in [5.41, 5.74) is 2.91. The quantitative estimate of drug-likeness (QED) is 0.281. The lowest BCUT2D eigenvalue weighted by Crippen LogP contribution is -2.28. The first kappa shape index (κ1) is 22.6. The van der Waals surface area contributed by atoms with Gasteiger partial charge in [-0.1, -0.05) is 41.6 Å². The molecule has 0 saturated heterocycles. The van der Waals surface area contributed by atoms with Crippen LogP contribution in [0.5, 0.6) is 5.75 Å². The number of aromatic nitrogens is 2. The second-order valence-electron chi connectivity index (χ2n) is 7.73. The number of fused-ring (bicyclic) bond motifs is 1. The zero-order valence-corrected chi connectivity index (χ0v) is 19.8. The minimum Gasteiger partial charge on any atom is -0.496 e. The monoisotopic (exact) mass is 469 g/mol. The van der Waals surface area contributed by atoms with Crippen molar-refractivity contribution in [1.29, 1.82) is 0 Å². The van der Waals surface area contributed by atoms with E-state index in [4.69, 9.17) is 4.74 Å². The van der Waals surface area contributed by atoms with Crippen molar-refractivity contribution in [2.24, 2.45) is 0 Å². The fourth-order valence-corrected chi connectivity index (χ4v) is 5.46. The van der Waals surface area contributed by atoms with E-state index in [0.29, 0.717) is 28.5 Å². The van der Waals surface area contributed by atoms with Gasteiger partial charge in [-0.2, -0.15) is 0 Å². The maximum Gasteiger partial charge on any atom is 0.272 e. The first-order valence-corrected chi connectivity index (χ1v) is 12.7. The van der Waals surface area contributed by atoms with Crippen molar-refractivity contribution in [3.05, 3.63) is 63.3 Å². The second-order valence-corrected chi connectivity index (χ2v) is 9.59. The Bertz CT molecular complexity index is 1180. The second kappa shape index (κ2) is 10.8. The van der Waals surface area contributed by atoms with Crippen LogP contribution < -0.4 is 15.6 Å². The molecule has 8 heteroatoms. The van der Waals surface area contributed by atoms with Crippen molar-refractivity contribution < 1.29 is 9.53 Å². The van der Waals surface area contributed by atoms with Crippen molar-refractivity contribution in [3.63, 3.8) is 0 Å². The van der Waals surface area contributed by atoms with E-state index in [1.54, 1.807) is 11.7 Å². The zero-order chi connectivity index (χ0) is 22.3. The maximum absolute atomic E-state index is 13.2. The van der Waals surface area contributed by atoms with Gasteiger partial charge >= 0.3 is 0 Å². The number of carbonyl (C=O) groups is 1. The van der Waals surface area contributed by atoms with Gasteiger partial charge in [-0.3, -0.25) is 14.2 Å². The van der Waals surface area contributed by atoms with Gasteiger partial charge in [0.1, 0.15) is 10.4 Å². The van der Waals surface area contributed by atoms with Crippen molar-refractivity contribution >= 4 is 39.2 Å². The molecule has 1 aliphatic carbocycles. The minimum absolute atomic E-state index is 0.0464. The third kappa shape index (κ3) is 5.42. The number of thioether (sulfide) groups is 1. The molecule has 4 rings (SSSR count). The van der Waals surface area contributed by atoms with Gasteiger partial charge in [-0.25, -0.2) is 4.98 Å². The molecule has 1 aromatic carbocycles. The number of allylic oxidation sites excluding steroid dienone is 1. The average Bonchev–Trinajstić information content (AvgIpc) is 3.29. The number of hydrogen-bond donors (Lipinski definition) is 1. The fourth-order valence-electron chi connectivity index (χ4n) is 3.85. The summed E-state index contributed by atoms with van der Waals surface area (Å²) in [5, 5.41) is 5.41. The summed E-state index contributed by atoms with van der Waals surface area (Å²) < 4.78 is 7.71. The molecule has 0 spiro atoms. The summed E-state index contributed by atoms with van der Waals surface area (Å²) in [5.74, 6) is 0.888. The molecule has 0 fully saturated rings. The highest BCUT2D eigenvalue weighted by atomic mass is 32.2. The summed E-state index contributed by atoms with van der Waals surface area (Å²) in [6.07, 6.45) is 8.03. The van der Waals surface area contributed by atoms with Gasteiger partial charge in [-0.15, -0.1) is 11.3 Å². The van der Waals surface area contributed by atoms with Crippen molar-refractivity contribution in [2.75, 3.05) is 19.4 Å². The Morgan fingerprint density at radius 3 is 2.97 bits per heavy atom. The molecule has 2 aromatic heterocycles. The molecule has 3 aromatic rings. The molecule has 1 aliphatic rings. The highest BCUT2D eigenvalue weighted by Gasteiger charge is 2.16. The van der Waals surface area contributed by atoms with Crippen LogP contribution in [0, 0.1) is 0 Å². The van der Waals surface area contributed by atoms with E-state index >= 15 is 0 Å². The standard InChI is InChI=1S/C24H27N3O3S2/c1-30-20-10-6-5-9-18(20)15-27-23(29)22-19(12-14-31-22)26-24(27)32-16-21(28)25-13-11-17-7-3-2-4-8-17/h5-7,9-10,12,14H,2-4,8,11,13,15-16H2,1H3,(H,25,28). The van der Waals surface area contributed by atoms with Crippen LogP contribution in [0.1, 0.15) is 37.7 Å². The summed E-state index contributed by atoms with van der Waals surface area (Å²) in [7, 11) is 1.62. The molecule has 32 heavy (non-hydrogen) atoms. The molecular weight excluding hydrogens is 442 g/mol. The van der Waals surface area contributed by atoms with Gasteiger partial charge in [0.05, 0.1) is 24.9 Å². The number of methoxy groups -OCH3 is 1. The number of rotatable bonds is 9. The van der Waals surface area contributed by atoms with Crippen LogP contribution in [0.15, 0.2) is 57.3 Å². The van der Waals surface area contributed by atoms with Crippen LogP contribution in [0.25, 0.3) is 10.2 Å². The Kier molecular flexibility index (Phi) is 7.65. The Morgan fingerprint density at radius 1 is 1.28 bits per heavy atom. The normalized spacial score (nSPS) is 13.7. The van der Waals surface area contributed by atoms with E-state index in [0.717, 1.165) is 30.6 Å². The van der Waals surface area contributed by atoms with Crippen LogP contribution in [0.3, 0.4) is 0 Å². The Labute approximate surface area is 195 Å². The Balaban J connectivity index is 1.47. The average molecular weight is 470 g/mol. The van der Waals surface area contributed by atoms with Gasteiger partial charge in [0.15, 0.2) is 5.16 Å². The lowest BCUT2D eigenvalue weighted by molar-refractivity contribution is -0.118. The molecule has 0 unspecified atom stereocenters. The molecule has 1 N–H and O–H groups in total. The van der Waals surface area contributed by atoms with Crippen molar-refractivity contribution in [1.82, 2.24) is 14.9 Å². The third-order valence-electron chi connectivity index (χ3n) is 5.54. The van der Waals surface area contributed by atoms with E-state index in [2.05, 4.69) is 16.4 Å². The van der Waals surface area contributed by atoms with Crippen molar-refractivity contribution in [3.8, 4) is 5.75 Å². The van der Waals surface area contributed by atoms with Gasteiger partial charge < -0.3 is 10.1 Å². The highest BCUT2D eigenvalue weighted by molar-refractivity contribution is 7.99. The number of nitrogens with zero attached hydrogens (tertiary/aromatic N) is 2. The van der Waals surface area contributed by atoms with Crippen LogP contribution >= 0.6 is 23.1 Å². The first-order valence-electron chi connectivity index (χ1n) is 10.8. The molecule has 0 saturated carbocycles. The smallest absolute Gasteiger partial charge is 0.272 e. The van der Waals surface area contributed by atoms with E-state index < -0.39 is 0 Å². The number of amides is 1. The van der Waals surface area contributed by atoms with Crippen molar-refractivity contribution in [2.45, 2.75) is 43.8 Å². The number of thiophene rings is 1. The molecule has 6 nitrogen and oxygen atoms in total. The summed E-state index contributed by atoms with van der Waals surface area (Å²) in [4.78, 5) is 30.3. The lowest BCUT2D eigenvalue weighted by atomic mass is 9.97. The molecule has 2 heterocycles. The van der Waals surface area contributed by atoms with E-state index in [-0.39, 0.29) is 17.2 Å². The van der Waals surface area contributed by atoms with Crippen LogP contribution in [0.2, 0.25) is 0 Å². The van der Waals surface area contributed by atoms with Gasteiger partial charge in [0.2, 0.25) is 5.91 Å². The molecule has 1 amide bonds. The number of hydrogen-bond acceptors (Lipinski definition) is 6. The van der Waals surface area contributed by atoms with Gasteiger partial charge in [-0.05, 0) is 49.6 Å². The largest absolute Gasteiger partial charge is 0.496 e.